The molecule has 0 amide bonds. The number of aliphatic hydroxyl groups excluding tert-OH is 4. The molecule has 2 aromatic rings. The molecular weight excluding hydrogens is 837 g/mol. The average Bonchev–Trinajstić information content (AvgIpc) is 3.22. The van der Waals surface area contributed by atoms with Crippen molar-refractivity contribution in [2.24, 2.45) is 0 Å². The van der Waals surface area contributed by atoms with Gasteiger partial charge in [0.05, 0.1) is 85.9 Å². The number of aliphatic hydroxyl groups is 4. The number of benzene rings is 2. The molecule has 0 fully saturated rings. The van der Waals surface area contributed by atoms with Crippen molar-refractivity contribution < 1.29 is 78.4 Å². The molecule has 0 aromatic heterocycles. The van der Waals surface area contributed by atoms with Gasteiger partial charge in [-0.05, 0) is 78.6 Å². The number of carbonyl (C=O) groups is 6. The molecule has 0 saturated carbocycles. The minimum absolute atomic E-state index is 0.239. The van der Waals surface area contributed by atoms with E-state index in [4.69, 9.17) is 29.2 Å². The van der Waals surface area contributed by atoms with E-state index in [1.165, 1.54) is 0 Å². The fourth-order valence-corrected chi connectivity index (χ4v) is 5.38. The van der Waals surface area contributed by atoms with E-state index in [2.05, 4.69) is 0 Å². The van der Waals surface area contributed by atoms with Gasteiger partial charge in [-0.2, -0.15) is 0 Å². The van der Waals surface area contributed by atoms with E-state index in [0.29, 0.717) is 52.5 Å². The number of hydrogen-bond acceptors (Lipinski definition) is 16. The predicted molar refractivity (Wildman–Crippen MR) is 239 cm³/mol. The molecule has 0 radical (unpaired) electrons. The SMILES string of the molecule is CC(O)CN(CCN(CC(C)O)CC(C)O)CC(C)O.CCCCOC(=O)c1ccccc1C(=O)OCCCC.CCOC(=O)c1ccccc1C(=O)OCC.O=C(O)CCC(=O)O. The maximum Gasteiger partial charge on any atom is 0.339 e. The Bertz CT molecular complexity index is 1480. The van der Waals surface area contributed by atoms with Crippen LogP contribution in [0.4, 0.5) is 0 Å². The number of esters is 4. The first-order chi connectivity index (χ1) is 30.2. The third kappa shape index (κ3) is 31.8. The van der Waals surface area contributed by atoms with Gasteiger partial charge in [-0.15, -0.1) is 0 Å². The summed E-state index contributed by atoms with van der Waals surface area (Å²) in [6, 6.07) is 13.0. The van der Waals surface area contributed by atoms with E-state index < -0.39 is 60.2 Å². The van der Waals surface area contributed by atoms with Gasteiger partial charge in [0.1, 0.15) is 0 Å². The molecule has 0 aliphatic heterocycles. The number of rotatable bonds is 26. The van der Waals surface area contributed by atoms with Crippen molar-refractivity contribution in [3.05, 3.63) is 70.8 Å². The minimum Gasteiger partial charge on any atom is -0.481 e. The molecule has 0 aliphatic carbocycles. The van der Waals surface area contributed by atoms with Gasteiger partial charge in [0.2, 0.25) is 0 Å². The first kappa shape index (κ1) is 61.1. The van der Waals surface area contributed by atoms with Crippen LogP contribution in [0.5, 0.6) is 0 Å². The number of carbonyl (C=O) groups excluding carboxylic acids is 4. The van der Waals surface area contributed by atoms with Gasteiger partial charge in [0.25, 0.3) is 0 Å². The van der Waals surface area contributed by atoms with E-state index in [-0.39, 0.29) is 48.3 Å². The molecule has 18 nitrogen and oxygen atoms in total. The largest absolute Gasteiger partial charge is 0.481 e. The molecule has 64 heavy (non-hydrogen) atoms. The second-order valence-corrected chi connectivity index (χ2v) is 14.7. The highest BCUT2D eigenvalue weighted by molar-refractivity contribution is 6.03. The highest BCUT2D eigenvalue weighted by Gasteiger charge is 2.20. The van der Waals surface area contributed by atoms with Gasteiger partial charge in [0.15, 0.2) is 0 Å². The molecule has 4 unspecified atom stereocenters. The van der Waals surface area contributed by atoms with Crippen molar-refractivity contribution in [2.75, 3.05) is 65.7 Å². The lowest BCUT2D eigenvalue weighted by Crippen LogP contribution is -2.44. The van der Waals surface area contributed by atoms with Crippen LogP contribution in [0.15, 0.2) is 48.5 Å². The van der Waals surface area contributed by atoms with Crippen LogP contribution >= 0.6 is 0 Å². The molecule has 4 atom stereocenters. The Balaban J connectivity index is 0. The Morgan fingerprint density at radius 1 is 0.469 bits per heavy atom. The first-order valence-corrected chi connectivity index (χ1v) is 21.7. The lowest BCUT2D eigenvalue weighted by atomic mass is 10.1. The third-order valence-electron chi connectivity index (χ3n) is 8.12. The second kappa shape index (κ2) is 37.4. The van der Waals surface area contributed by atoms with Crippen LogP contribution in [-0.2, 0) is 28.5 Å². The molecule has 364 valence electrons. The fraction of sp³-hybridized carbons (Fsp3) is 0.609. The summed E-state index contributed by atoms with van der Waals surface area (Å²) in [6.07, 6.45) is 1.15. The Kier molecular flexibility index (Phi) is 35.7. The number of aliphatic carboxylic acids is 2. The van der Waals surface area contributed by atoms with Crippen LogP contribution in [-0.4, -0.2) is 166 Å². The molecule has 6 N–H and O–H groups in total. The monoisotopic (exact) mass is 911 g/mol. The summed E-state index contributed by atoms with van der Waals surface area (Å²) in [7, 11) is 0. The number of unbranched alkanes of at least 4 members (excludes halogenated alkanes) is 2. The van der Waals surface area contributed by atoms with E-state index in [9.17, 15) is 49.2 Å². The summed E-state index contributed by atoms with van der Waals surface area (Å²) in [5.74, 6) is -4.11. The van der Waals surface area contributed by atoms with E-state index in [1.54, 1.807) is 90.1 Å². The van der Waals surface area contributed by atoms with E-state index >= 15 is 0 Å². The Hall–Kier alpha value is -4.98. The molecule has 2 aromatic carbocycles. The standard InChI is InChI=1S/C16H22O4.C14H32N2O4.C12H14O4.C4H6O4/c1-3-5-11-19-15(17)13-9-7-8-10-14(13)16(18)20-12-6-4-2;1-11(17)7-15(8-12(2)18)5-6-16(9-13(3)19)10-14(4)20;1-3-15-11(13)9-7-5-6-8-10(9)12(14)16-4-2;5-3(6)1-2-4(7)8/h7-10H,3-6,11-12H2,1-2H3;11-14,17-20H,5-10H2,1-4H3;5-8H,3-4H2,1-2H3;1-2H2,(H,5,6)(H,7,8). The summed E-state index contributed by atoms with van der Waals surface area (Å²) >= 11 is 0. The third-order valence-corrected chi connectivity index (χ3v) is 8.12. The summed E-state index contributed by atoms with van der Waals surface area (Å²) < 4.78 is 20.0. The fourth-order valence-electron chi connectivity index (χ4n) is 5.38. The average molecular weight is 911 g/mol. The van der Waals surface area contributed by atoms with Crippen LogP contribution < -0.4 is 0 Å². The highest BCUT2D eigenvalue weighted by atomic mass is 16.5. The summed E-state index contributed by atoms with van der Waals surface area (Å²) in [6.45, 7) is 19.0. The molecule has 0 aliphatic rings. The number of hydrogen-bond donors (Lipinski definition) is 6. The maximum atomic E-state index is 11.9. The van der Waals surface area contributed by atoms with Crippen molar-refractivity contribution in [3.8, 4) is 0 Å². The summed E-state index contributed by atoms with van der Waals surface area (Å²) in [4.78, 5) is 70.2. The molecular formula is C46H74N2O16. The van der Waals surface area contributed by atoms with Gasteiger partial charge in [-0.25, -0.2) is 19.2 Å². The smallest absolute Gasteiger partial charge is 0.339 e. The van der Waals surface area contributed by atoms with Gasteiger partial charge in [0, 0.05) is 39.3 Å². The highest BCUT2D eigenvalue weighted by Crippen LogP contribution is 2.14. The molecule has 18 heteroatoms. The number of carboxylic acids is 2. The van der Waals surface area contributed by atoms with Crippen molar-refractivity contribution >= 4 is 35.8 Å². The topological polar surface area (TPSA) is 267 Å². The molecule has 0 bridgehead atoms. The normalized spacial score (nSPS) is 12.3. The second-order valence-electron chi connectivity index (χ2n) is 14.7. The van der Waals surface area contributed by atoms with Gasteiger partial charge < -0.3 is 49.6 Å². The Morgan fingerprint density at radius 2 is 0.719 bits per heavy atom. The number of carboxylic acid groups (broad SMARTS) is 2. The minimum atomic E-state index is -1.08. The van der Waals surface area contributed by atoms with Gasteiger partial charge in [-0.3, -0.25) is 19.4 Å². The van der Waals surface area contributed by atoms with Crippen LogP contribution in [0.3, 0.4) is 0 Å². The van der Waals surface area contributed by atoms with Crippen molar-refractivity contribution in [3.63, 3.8) is 0 Å². The number of nitrogens with zero attached hydrogens (tertiary/aromatic N) is 2. The van der Waals surface area contributed by atoms with Crippen LogP contribution in [0.2, 0.25) is 0 Å². The van der Waals surface area contributed by atoms with E-state index in [0.717, 1.165) is 25.7 Å². The van der Waals surface area contributed by atoms with Gasteiger partial charge in [-0.1, -0.05) is 51.0 Å². The zero-order valence-electron chi connectivity index (χ0n) is 38.9. The zero-order chi connectivity index (χ0) is 49.0. The lowest BCUT2D eigenvalue weighted by molar-refractivity contribution is -0.143. The zero-order valence-corrected chi connectivity index (χ0v) is 38.9. The molecule has 2 rings (SSSR count). The van der Waals surface area contributed by atoms with Crippen molar-refractivity contribution in [2.45, 2.75) is 118 Å². The van der Waals surface area contributed by atoms with Gasteiger partial charge >= 0.3 is 35.8 Å². The van der Waals surface area contributed by atoms with Crippen molar-refractivity contribution in [1.82, 2.24) is 9.80 Å². The quantitative estimate of drug-likeness (QED) is 0.0425. The predicted octanol–water partition coefficient (Wildman–Crippen LogP) is 4.69. The Morgan fingerprint density at radius 3 is 0.922 bits per heavy atom. The molecule has 0 spiro atoms. The van der Waals surface area contributed by atoms with E-state index in [1.807, 2.05) is 23.6 Å². The van der Waals surface area contributed by atoms with Crippen LogP contribution in [0.1, 0.15) is 135 Å². The van der Waals surface area contributed by atoms with Crippen molar-refractivity contribution in [1.29, 1.82) is 0 Å². The molecule has 0 saturated heterocycles. The summed E-state index contributed by atoms with van der Waals surface area (Å²) in [5.41, 5.74) is 1.01. The lowest BCUT2D eigenvalue weighted by Gasteiger charge is -2.30. The molecule has 0 heterocycles. The first-order valence-electron chi connectivity index (χ1n) is 21.7. The number of ether oxygens (including phenoxy) is 4. The van der Waals surface area contributed by atoms with Crippen LogP contribution in [0.25, 0.3) is 0 Å². The Labute approximate surface area is 378 Å². The summed E-state index contributed by atoms with van der Waals surface area (Å²) in [5, 5.41) is 53.7. The van der Waals surface area contributed by atoms with Crippen LogP contribution in [0, 0.1) is 0 Å². The maximum absolute atomic E-state index is 11.9.